The number of rotatable bonds is 4. The Morgan fingerprint density at radius 3 is 2.53 bits per heavy atom. The molecule has 2 amide bonds. The monoisotopic (exact) mass is 416 g/mol. The van der Waals surface area contributed by atoms with Crippen LogP contribution in [0.5, 0.6) is 0 Å². The first-order chi connectivity index (χ1) is 14.2. The number of nitrogens with zero attached hydrogens (tertiary/aromatic N) is 3. The first kappa shape index (κ1) is 19.0. The second-order valence-electron chi connectivity index (χ2n) is 8.42. The number of anilines is 1. The van der Waals surface area contributed by atoms with E-state index in [1.807, 2.05) is 0 Å². The predicted molar refractivity (Wildman–Crippen MR) is 101 cm³/mol. The van der Waals surface area contributed by atoms with Gasteiger partial charge in [0.25, 0.3) is 11.8 Å². The second-order valence-corrected chi connectivity index (χ2v) is 8.42. The number of carbonyl (C=O) groups is 2. The van der Waals surface area contributed by atoms with E-state index in [4.69, 9.17) is 0 Å². The lowest BCUT2D eigenvalue weighted by atomic mass is 9.83. The zero-order chi connectivity index (χ0) is 21.3. The first-order valence-electron chi connectivity index (χ1n) is 9.80. The van der Waals surface area contributed by atoms with Crippen LogP contribution in [0.2, 0.25) is 0 Å². The number of carbonyl (C=O) groups excluding carboxylic acids is 2. The van der Waals surface area contributed by atoms with E-state index in [1.54, 1.807) is 6.92 Å². The van der Waals surface area contributed by atoms with Crippen LogP contribution in [0.25, 0.3) is 0 Å². The standard InChI is InChI=1S/C21H19F3N4O2/c1-11-6-25-19(26-7-11)27-15(29)8-28-10-20(9-21(20,23)24)16-14(18(28)30)5-4-13(17(16)22)12-2-3-12/h4-7,12H,2-3,8-10H2,1H3,(H,25,26,27,29). The van der Waals surface area contributed by atoms with E-state index in [2.05, 4.69) is 15.3 Å². The van der Waals surface area contributed by atoms with E-state index in [-0.39, 0.29) is 23.0 Å². The van der Waals surface area contributed by atoms with Crippen molar-refractivity contribution in [3.8, 4) is 0 Å². The number of hydrogen-bond acceptors (Lipinski definition) is 4. The van der Waals surface area contributed by atoms with Gasteiger partial charge in [0.15, 0.2) is 0 Å². The largest absolute Gasteiger partial charge is 0.328 e. The molecule has 1 spiro atoms. The Hall–Kier alpha value is -2.97. The molecule has 0 bridgehead atoms. The summed E-state index contributed by atoms with van der Waals surface area (Å²) in [7, 11) is 0. The molecule has 2 saturated carbocycles. The molecule has 2 heterocycles. The molecule has 9 heteroatoms. The summed E-state index contributed by atoms with van der Waals surface area (Å²) < 4.78 is 44.2. The molecule has 156 valence electrons. The van der Waals surface area contributed by atoms with E-state index >= 15 is 4.39 Å². The van der Waals surface area contributed by atoms with Crippen molar-refractivity contribution in [3.05, 3.63) is 52.6 Å². The molecule has 1 unspecified atom stereocenters. The molecule has 5 rings (SSSR count). The molecule has 0 saturated heterocycles. The van der Waals surface area contributed by atoms with Crippen LogP contribution in [0.3, 0.4) is 0 Å². The van der Waals surface area contributed by atoms with Crippen LogP contribution in [0.15, 0.2) is 24.5 Å². The lowest BCUT2D eigenvalue weighted by molar-refractivity contribution is -0.117. The van der Waals surface area contributed by atoms with Crippen LogP contribution in [-0.2, 0) is 10.2 Å². The second kappa shape index (κ2) is 6.26. The molecule has 1 aliphatic heterocycles. The Labute approximate surface area is 170 Å². The normalized spacial score (nSPS) is 24.0. The fourth-order valence-corrected chi connectivity index (χ4v) is 4.29. The molecular weight excluding hydrogens is 397 g/mol. The Morgan fingerprint density at radius 1 is 1.27 bits per heavy atom. The summed E-state index contributed by atoms with van der Waals surface area (Å²) in [5, 5.41) is 2.46. The number of hydrogen-bond donors (Lipinski definition) is 1. The maximum absolute atomic E-state index is 15.2. The van der Waals surface area contributed by atoms with Gasteiger partial charge in [0.1, 0.15) is 12.4 Å². The highest BCUT2D eigenvalue weighted by molar-refractivity contribution is 6.01. The summed E-state index contributed by atoms with van der Waals surface area (Å²) in [4.78, 5) is 34.3. The zero-order valence-corrected chi connectivity index (χ0v) is 16.2. The van der Waals surface area contributed by atoms with Crippen LogP contribution >= 0.6 is 0 Å². The summed E-state index contributed by atoms with van der Waals surface area (Å²) in [6.07, 6.45) is 4.14. The zero-order valence-electron chi connectivity index (χ0n) is 16.2. The maximum Gasteiger partial charge on any atom is 0.260 e. The summed E-state index contributed by atoms with van der Waals surface area (Å²) >= 11 is 0. The van der Waals surface area contributed by atoms with Crippen LogP contribution < -0.4 is 5.32 Å². The van der Waals surface area contributed by atoms with Crippen molar-refractivity contribution >= 4 is 17.8 Å². The molecule has 1 N–H and O–H groups in total. The number of fused-ring (bicyclic) bond motifs is 2. The van der Waals surface area contributed by atoms with E-state index < -0.39 is 48.5 Å². The third-order valence-corrected chi connectivity index (χ3v) is 6.11. The lowest BCUT2D eigenvalue weighted by Gasteiger charge is -2.35. The van der Waals surface area contributed by atoms with Gasteiger partial charge < -0.3 is 4.90 Å². The molecule has 2 aromatic rings. The summed E-state index contributed by atoms with van der Waals surface area (Å²) in [6, 6.07) is 2.94. The minimum Gasteiger partial charge on any atom is -0.328 e. The number of aromatic nitrogens is 2. The van der Waals surface area contributed by atoms with Gasteiger partial charge in [0.05, 0.1) is 5.41 Å². The Bertz CT molecular complexity index is 1070. The number of alkyl halides is 2. The minimum atomic E-state index is -3.12. The topological polar surface area (TPSA) is 75.2 Å². The number of aryl methyl sites for hydroxylation is 1. The van der Waals surface area contributed by atoms with Crippen LogP contribution in [-0.4, -0.2) is 45.7 Å². The summed E-state index contributed by atoms with van der Waals surface area (Å²) in [5.74, 6) is -4.95. The molecule has 0 radical (unpaired) electrons. The highest BCUT2D eigenvalue weighted by Crippen LogP contribution is 2.65. The van der Waals surface area contributed by atoms with Crippen molar-refractivity contribution in [1.29, 1.82) is 0 Å². The van der Waals surface area contributed by atoms with Crippen molar-refractivity contribution in [2.45, 2.75) is 43.4 Å². The van der Waals surface area contributed by atoms with E-state index in [1.165, 1.54) is 24.5 Å². The Balaban J connectivity index is 1.44. The van der Waals surface area contributed by atoms with Gasteiger partial charge in [-0.1, -0.05) is 6.07 Å². The highest BCUT2D eigenvalue weighted by Gasteiger charge is 2.75. The third kappa shape index (κ3) is 2.86. The molecule has 1 atom stereocenters. The van der Waals surface area contributed by atoms with Gasteiger partial charge in [0.2, 0.25) is 11.9 Å². The van der Waals surface area contributed by atoms with Gasteiger partial charge >= 0.3 is 0 Å². The van der Waals surface area contributed by atoms with E-state index in [0.717, 1.165) is 23.3 Å². The van der Waals surface area contributed by atoms with Gasteiger partial charge in [-0.15, -0.1) is 0 Å². The van der Waals surface area contributed by atoms with Crippen molar-refractivity contribution in [2.24, 2.45) is 0 Å². The number of nitrogens with one attached hydrogen (secondary N) is 1. The molecule has 6 nitrogen and oxygen atoms in total. The molecular formula is C21H19F3N4O2. The molecule has 2 fully saturated rings. The van der Waals surface area contributed by atoms with Gasteiger partial charge in [0, 0.05) is 36.5 Å². The van der Waals surface area contributed by atoms with E-state index in [0.29, 0.717) is 5.56 Å². The SMILES string of the molecule is Cc1cnc(NC(=O)CN2CC3(CC3(F)F)c3c(ccc(C4CC4)c3F)C2=O)nc1. The van der Waals surface area contributed by atoms with Gasteiger partial charge in [-0.2, -0.15) is 0 Å². The van der Waals surface area contributed by atoms with Crippen molar-refractivity contribution in [3.63, 3.8) is 0 Å². The van der Waals surface area contributed by atoms with Gasteiger partial charge in [-0.05, 0) is 42.9 Å². The molecule has 1 aromatic carbocycles. The quantitative estimate of drug-likeness (QED) is 0.831. The average molecular weight is 416 g/mol. The van der Waals surface area contributed by atoms with Crippen molar-refractivity contribution in [1.82, 2.24) is 14.9 Å². The lowest BCUT2D eigenvalue weighted by Crippen LogP contribution is -2.49. The fraction of sp³-hybridized carbons (Fsp3) is 0.429. The smallest absolute Gasteiger partial charge is 0.260 e. The average Bonchev–Trinajstić information content (AvgIpc) is 3.59. The first-order valence-corrected chi connectivity index (χ1v) is 9.80. The Kier molecular flexibility index (Phi) is 3.97. The predicted octanol–water partition coefficient (Wildman–Crippen LogP) is 3.17. The summed E-state index contributed by atoms with van der Waals surface area (Å²) in [5.41, 5.74) is -0.820. The molecule has 2 aliphatic carbocycles. The van der Waals surface area contributed by atoms with Gasteiger partial charge in [-0.3, -0.25) is 14.9 Å². The summed E-state index contributed by atoms with van der Waals surface area (Å²) in [6.45, 7) is 0.941. The van der Waals surface area contributed by atoms with Crippen molar-refractivity contribution in [2.75, 3.05) is 18.4 Å². The Morgan fingerprint density at radius 2 is 1.93 bits per heavy atom. The van der Waals surface area contributed by atoms with Gasteiger partial charge in [-0.25, -0.2) is 23.1 Å². The van der Waals surface area contributed by atoms with Crippen LogP contribution in [0, 0.1) is 12.7 Å². The van der Waals surface area contributed by atoms with Crippen LogP contribution in [0.1, 0.15) is 52.2 Å². The third-order valence-electron chi connectivity index (χ3n) is 6.11. The maximum atomic E-state index is 15.2. The number of amides is 2. The molecule has 1 aromatic heterocycles. The minimum absolute atomic E-state index is 0.0353. The van der Waals surface area contributed by atoms with Crippen molar-refractivity contribution < 1.29 is 22.8 Å². The molecule has 3 aliphatic rings. The number of benzene rings is 1. The fourth-order valence-electron chi connectivity index (χ4n) is 4.29. The highest BCUT2D eigenvalue weighted by atomic mass is 19.3. The van der Waals surface area contributed by atoms with E-state index in [9.17, 15) is 18.4 Å². The van der Waals surface area contributed by atoms with Crippen LogP contribution in [0.4, 0.5) is 19.1 Å². The molecule has 30 heavy (non-hydrogen) atoms. The number of halogens is 3.